The van der Waals surface area contributed by atoms with E-state index in [-0.39, 0.29) is 31.6 Å². The Morgan fingerprint density at radius 1 is 1.02 bits per heavy atom. The second-order valence-corrected chi connectivity index (χ2v) is 11.9. The van der Waals surface area contributed by atoms with Crippen molar-refractivity contribution in [3.05, 3.63) is 90.0 Å². The highest BCUT2D eigenvalue weighted by atomic mass is 16.5. The molecule has 0 bridgehead atoms. The van der Waals surface area contributed by atoms with Crippen LogP contribution in [0.4, 0.5) is 10.5 Å². The van der Waals surface area contributed by atoms with Crippen LogP contribution < -0.4 is 32.0 Å². The lowest BCUT2D eigenvalue weighted by atomic mass is 9.84. The number of anilines is 1. The Balaban J connectivity index is 1.17. The summed E-state index contributed by atoms with van der Waals surface area (Å²) in [6, 6.07) is 19.9. The highest BCUT2D eigenvalue weighted by molar-refractivity contribution is 6.12. The average molecular weight is 625 g/mol. The smallest absolute Gasteiger partial charge is 0.343 e. The lowest BCUT2D eigenvalue weighted by Gasteiger charge is -2.46. The van der Waals surface area contributed by atoms with E-state index in [0.717, 1.165) is 16.0 Å². The summed E-state index contributed by atoms with van der Waals surface area (Å²) in [7, 11) is 0. The molecule has 14 heteroatoms. The minimum Gasteiger partial charge on any atom is -0.370 e. The van der Waals surface area contributed by atoms with Gasteiger partial charge in [0.05, 0.1) is 13.1 Å². The summed E-state index contributed by atoms with van der Waals surface area (Å²) in [5, 5.41) is 29.6. The van der Waals surface area contributed by atoms with Gasteiger partial charge in [-0.1, -0.05) is 60.7 Å². The second kappa shape index (κ2) is 10.6. The van der Waals surface area contributed by atoms with Gasteiger partial charge < -0.3 is 21.3 Å². The number of aliphatic hydroxyl groups is 2. The van der Waals surface area contributed by atoms with Crippen LogP contribution >= 0.6 is 0 Å². The molecule has 3 aromatic rings. The fourth-order valence-corrected chi connectivity index (χ4v) is 7.07. The van der Waals surface area contributed by atoms with Gasteiger partial charge in [-0.15, -0.1) is 0 Å². The number of carbonyl (C=O) groups excluding carboxylic acids is 3. The molecule has 0 aliphatic carbocycles. The summed E-state index contributed by atoms with van der Waals surface area (Å²) in [5.74, 6) is -3.68. The molecule has 4 aliphatic rings. The molecule has 4 amide bonds. The molecule has 1 unspecified atom stereocenters. The molecule has 236 valence electrons. The van der Waals surface area contributed by atoms with E-state index in [1.165, 1.54) is 9.80 Å². The van der Waals surface area contributed by atoms with Crippen molar-refractivity contribution in [1.29, 1.82) is 0 Å². The molecule has 3 aromatic carbocycles. The van der Waals surface area contributed by atoms with Crippen molar-refractivity contribution in [2.45, 2.75) is 36.5 Å². The number of hydrogen-bond acceptors (Lipinski definition) is 10. The average Bonchev–Trinajstić information content (AvgIpc) is 3.62. The van der Waals surface area contributed by atoms with Crippen LogP contribution in [0.15, 0.2) is 83.9 Å². The van der Waals surface area contributed by atoms with Gasteiger partial charge in [0.25, 0.3) is 17.5 Å². The zero-order valence-corrected chi connectivity index (χ0v) is 24.9. The van der Waals surface area contributed by atoms with E-state index in [2.05, 4.69) is 20.6 Å². The highest BCUT2D eigenvalue weighted by Gasteiger charge is 2.76. The third kappa shape index (κ3) is 4.29. The standard InChI is InChI=1S/C32H33N9O5/c1-18-9-5-6-12-20(18)21-13-7-8-14-22(21)27(43)36-24-16-41-29(34)35-23(26-31(41,32(24,45)46)38-28(33)37-26)15-40-25(42)17-39(30(40)44)19-10-3-2-4-11-19/h2-14,23-24,26,45-46H,15-17H2,1H3,(H2,34,35)(H,36,43)(H3,33,37,38)/p+1/t23-,24?,26-,31-/m0/s1. The van der Waals surface area contributed by atoms with Gasteiger partial charge in [-0.3, -0.25) is 35.0 Å². The van der Waals surface area contributed by atoms with Crippen molar-refractivity contribution in [2.24, 2.45) is 16.5 Å². The maximum Gasteiger partial charge on any atom is 0.343 e. The molecule has 4 heterocycles. The highest BCUT2D eigenvalue weighted by Crippen LogP contribution is 2.41. The topological polar surface area (TPSA) is 204 Å². The number of urea groups is 1. The van der Waals surface area contributed by atoms with E-state index >= 15 is 0 Å². The third-order valence-electron chi connectivity index (χ3n) is 9.29. The molecule has 2 fully saturated rings. The van der Waals surface area contributed by atoms with Gasteiger partial charge >= 0.3 is 12.0 Å². The van der Waals surface area contributed by atoms with Gasteiger partial charge in [0.1, 0.15) is 18.6 Å². The van der Waals surface area contributed by atoms with Gasteiger partial charge in [0.15, 0.2) is 12.0 Å². The SMILES string of the molecule is Cc1ccccc1-c1ccccc1C(=O)NC1CN2C(N)=N[C@@H](CN3C(=O)CN(c4ccccc4)C3=O)[C@@H]3[NH+]=C(N)N[C@@]32C1(O)O. The van der Waals surface area contributed by atoms with Crippen LogP contribution in [0.25, 0.3) is 11.1 Å². The first kappa shape index (κ1) is 29.3. The van der Waals surface area contributed by atoms with Crippen molar-refractivity contribution >= 4 is 35.5 Å². The van der Waals surface area contributed by atoms with Crippen molar-refractivity contribution in [3.8, 4) is 11.1 Å². The first-order valence-corrected chi connectivity index (χ1v) is 14.9. The van der Waals surface area contributed by atoms with E-state index in [9.17, 15) is 24.6 Å². The zero-order chi connectivity index (χ0) is 32.4. The Labute approximate surface area is 264 Å². The molecule has 0 aromatic heterocycles. The van der Waals surface area contributed by atoms with E-state index in [4.69, 9.17) is 11.5 Å². The van der Waals surface area contributed by atoms with Crippen LogP contribution in [-0.2, 0) is 4.79 Å². The van der Waals surface area contributed by atoms with Crippen LogP contribution in [0.3, 0.4) is 0 Å². The number of para-hydroxylation sites is 1. The van der Waals surface area contributed by atoms with E-state index in [1.54, 1.807) is 36.4 Å². The number of guanidine groups is 2. The Bertz CT molecular complexity index is 1810. The zero-order valence-electron chi connectivity index (χ0n) is 24.9. The molecular weight excluding hydrogens is 590 g/mol. The number of nitrogens with two attached hydrogens (primary N) is 2. The number of carbonyl (C=O) groups is 3. The van der Waals surface area contributed by atoms with Gasteiger partial charge in [0.2, 0.25) is 5.79 Å². The normalized spacial score (nSPS) is 26.3. The Kier molecular flexibility index (Phi) is 6.72. The fourth-order valence-electron chi connectivity index (χ4n) is 7.07. The molecular formula is C32H34N9O5+. The van der Waals surface area contributed by atoms with Crippen LogP contribution in [0.5, 0.6) is 0 Å². The van der Waals surface area contributed by atoms with Crippen molar-refractivity contribution in [1.82, 2.24) is 20.4 Å². The number of amides is 4. The number of nitrogens with zero attached hydrogens (tertiary/aromatic N) is 4. The van der Waals surface area contributed by atoms with E-state index < -0.39 is 47.4 Å². The van der Waals surface area contributed by atoms with Gasteiger partial charge in [-0.2, -0.15) is 0 Å². The van der Waals surface area contributed by atoms with E-state index in [1.807, 2.05) is 49.4 Å². The Hall–Kier alpha value is -5.47. The lowest BCUT2D eigenvalue weighted by Crippen LogP contribution is -2.90. The minimum atomic E-state index is -2.66. The molecule has 14 nitrogen and oxygen atoms in total. The number of rotatable bonds is 6. The summed E-state index contributed by atoms with van der Waals surface area (Å²) in [5.41, 5.74) is 14.3. The summed E-state index contributed by atoms with van der Waals surface area (Å²) < 4.78 is 0. The number of imide groups is 1. The number of benzene rings is 3. The first-order valence-electron chi connectivity index (χ1n) is 14.9. The third-order valence-corrected chi connectivity index (χ3v) is 9.29. The molecule has 4 atom stereocenters. The summed E-state index contributed by atoms with van der Waals surface area (Å²) in [6.07, 6.45) is 0. The van der Waals surface area contributed by atoms with Crippen LogP contribution in [0.2, 0.25) is 0 Å². The predicted octanol–water partition coefficient (Wildman–Crippen LogP) is -2.01. The Morgan fingerprint density at radius 3 is 2.43 bits per heavy atom. The molecule has 4 aliphatic heterocycles. The maximum atomic E-state index is 13.8. The van der Waals surface area contributed by atoms with Crippen LogP contribution in [0.1, 0.15) is 15.9 Å². The van der Waals surface area contributed by atoms with Crippen molar-refractivity contribution < 1.29 is 29.6 Å². The summed E-state index contributed by atoms with van der Waals surface area (Å²) in [4.78, 5) is 51.7. The molecule has 0 radical (unpaired) electrons. The van der Waals surface area contributed by atoms with Gasteiger partial charge in [-0.25, -0.2) is 15.1 Å². The summed E-state index contributed by atoms with van der Waals surface area (Å²) in [6.45, 7) is 1.46. The number of nitrogens with one attached hydrogen (secondary N) is 3. The predicted molar refractivity (Wildman–Crippen MR) is 168 cm³/mol. The van der Waals surface area contributed by atoms with Crippen LogP contribution in [0, 0.1) is 6.92 Å². The summed E-state index contributed by atoms with van der Waals surface area (Å²) >= 11 is 0. The Morgan fingerprint density at radius 2 is 1.70 bits per heavy atom. The number of hydrogen-bond donors (Lipinski definition) is 7. The van der Waals surface area contributed by atoms with Gasteiger partial charge in [-0.05, 0) is 41.8 Å². The minimum absolute atomic E-state index is 0.0132. The number of aliphatic imine (C=N–C) groups is 1. The van der Waals surface area contributed by atoms with Crippen LogP contribution in [-0.4, -0.2) is 99.0 Å². The maximum absolute atomic E-state index is 13.8. The first-order chi connectivity index (χ1) is 22.0. The van der Waals surface area contributed by atoms with E-state index in [0.29, 0.717) is 16.8 Å². The number of aryl methyl sites for hydroxylation is 1. The molecule has 2 saturated heterocycles. The molecule has 7 rings (SSSR count). The molecule has 1 spiro atoms. The fraction of sp³-hybridized carbons (Fsp3) is 0.281. The molecule has 9 N–H and O–H groups in total. The molecule has 0 saturated carbocycles. The lowest BCUT2D eigenvalue weighted by molar-refractivity contribution is -0.521. The monoisotopic (exact) mass is 624 g/mol. The second-order valence-electron chi connectivity index (χ2n) is 11.9. The van der Waals surface area contributed by atoms with Gasteiger partial charge in [0, 0.05) is 11.3 Å². The quantitative estimate of drug-likeness (QED) is 0.119. The largest absolute Gasteiger partial charge is 0.370 e. The van der Waals surface area contributed by atoms with Crippen molar-refractivity contribution in [3.63, 3.8) is 0 Å². The molecule has 46 heavy (non-hydrogen) atoms. The van der Waals surface area contributed by atoms with Crippen molar-refractivity contribution in [2.75, 3.05) is 24.5 Å².